The number of anilines is 1. The number of fused-ring (bicyclic) bond motifs is 1. The van der Waals surface area contributed by atoms with E-state index in [1.807, 2.05) is 0 Å². The van der Waals surface area contributed by atoms with Crippen LogP contribution in [-0.4, -0.2) is 29.5 Å². The SMILES string of the molecule is COC(=O)N(c1cc2[nH]ccc2cn1)C(F)(F)F. The Hall–Kier alpha value is -2.25. The van der Waals surface area contributed by atoms with Crippen molar-refractivity contribution >= 4 is 22.8 Å². The number of nitrogens with one attached hydrogen (secondary N) is 1. The highest BCUT2D eigenvalue weighted by atomic mass is 19.4. The van der Waals surface area contributed by atoms with Crippen LogP contribution in [-0.2, 0) is 4.74 Å². The number of carbonyl (C=O) groups is 1. The van der Waals surface area contributed by atoms with E-state index in [1.165, 1.54) is 6.20 Å². The van der Waals surface area contributed by atoms with E-state index in [1.54, 1.807) is 12.3 Å². The standard InChI is InChI=1S/C10H8F3N3O2/c1-18-9(17)16(10(11,12)13)8-4-7-6(5-15-8)2-3-14-7/h2-5,14H,1H3. The number of hydrogen-bond donors (Lipinski definition) is 1. The molecular formula is C10H8F3N3O2. The van der Waals surface area contributed by atoms with Crippen molar-refractivity contribution in [2.24, 2.45) is 0 Å². The number of aromatic nitrogens is 2. The lowest BCUT2D eigenvalue weighted by atomic mass is 10.3. The zero-order valence-corrected chi connectivity index (χ0v) is 9.15. The smallest absolute Gasteiger partial charge is 0.452 e. The van der Waals surface area contributed by atoms with Gasteiger partial charge in [0.2, 0.25) is 0 Å². The summed E-state index contributed by atoms with van der Waals surface area (Å²) in [7, 11) is 0.869. The van der Waals surface area contributed by atoms with Crippen molar-refractivity contribution in [2.45, 2.75) is 6.30 Å². The van der Waals surface area contributed by atoms with E-state index in [4.69, 9.17) is 0 Å². The lowest BCUT2D eigenvalue weighted by Crippen LogP contribution is -2.43. The maximum atomic E-state index is 12.7. The van der Waals surface area contributed by atoms with Crippen LogP contribution >= 0.6 is 0 Å². The molecule has 0 aliphatic rings. The fourth-order valence-electron chi connectivity index (χ4n) is 1.47. The molecule has 2 aromatic rings. The van der Waals surface area contributed by atoms with Crippen LogP contribution in [0.4, 0.5) is 23.8 Å². The predicted octanol–water partition coefficient (Wildman–Crippen LogP) is 2.66. The number of ether oxygens (including phenoxy) is 1. The van der Waals surface area contributed by atoms with E-state index < -0.39 is 23.1 Å². The molecule has 0 fully saturated rings. The number of alkyl halides is 3. The van der Waals surface area contributed by atoms with Gasteiger partial charge in [-0.2, -0.15) is 4.90 Å². The largest absolute Gasteiger partial charge is 0.495 e. The first-order valence-electron chi connectivity index (χ1n) is 4.81. The van der Waals surface area contributed by atoms with Gasteiger partial charge in [-0.1, -0.05) is 0 Å². The van der Waals surface area contributed by atoms with Crippen LogP contribution in [0.1, 0.15) is 0 Å². The molecule has 2 heterocycles. The van der Waals surface area contributed by atoms with Gasteiger partial charge in [0.15, 0.2) is 0 Å². The Bertz CT molecular complexity index is 579. The Kier molecular flexibility index (Phi) is 2.85. The molecule has 0 saturated heterocycles. The number of aromatic amines is 1. The number of carbonyl (C=O) groups excluding carboxylic acids is 1. The van der Waals surface area contributed by atoms with E-state index in [-0.39, 0.29) is 0 Å². The van der Waals surface area contributed by atoms with Crippen molar-refractivity contribution < 1.29 is 22.7 Å². The van der Waals surface area contributed by atoms with Gasteiger partial charge in [-0.25, -0.2) is 9.78 Å². The summed E-state index contributed by atoms with van der Waals surface area (Å²) in [6.07, 6.45) is -3.64. The molecule has 96 valence electrons. The highest BCUT2D eigenvalue weighted by Crippen LogP contribution is 2.29. The molecule has 5 nitrogen and oxygen atoms in total. The average molecular weight is 259 g/mol. The van der Waals surface area contributed by atoms with E-state index in [0.29, 0.717) is 10.9 Å². The summed E-state index contributed by atoms with van der Waals surface area (Å²) in [5, 5.41) is 0.644. The molecule has 0 aliphatic heterocycles. The second kappa shape index (κ2) is 4.21. The van der Waals surface area contributed by atoms with Gasteiger partial charge in [-0.05, 0) is 6.07 Å². The van der Waals surface area contributed by atoms with Crippen molar-refractivity contribution in [3.63, 3.8) is 0 Å². The topological polar surface area (TPSA) is 58.2 Å². The highest BCUT2D eigenvalue weighted by Gasteiger charge is 2.44. The van der Waals surface area contributed by atoms with Gasteiger partial charge < -0.3 is 9.72 Å². The van der Waals surface area contributed by atoms with Gasteiger partial charge in [0.1, 0.15) is 5.82 Å². The van der Waals surface area contributed by atoms with Gasteiger partial charge in [0, 0.05) is 23.8 Å². The Labute approximate surface area is 99.2 Å². The number of nitrogens with zero attached hydrogens (tertiary/aromatic N) is 2. The fraction of sp³-hybridized carbons (Fsp3) is 0.200. The average Bonchev–Trinajstić information content (AvgIpc) is 2.74. The summed E-state index contributed by atoms with van der Waals surface area (Å²) in [5.41, 5.74) is 0.443. The molecule has 0 atom stereocenters. The normalized spacial score (nSPS) is 11.6. The molecule has 0 unspecified atom stereocenters. The minimum Gasteiger partial charge on any atom is -0.452 e. The zero-order valence-electron chi connectivity index (χ0n) is 9.15. The van der Waals surface area contributed by atoms with Crippen LogP contribution in [0.25, 0.3) is 10.9 Å². The van der Waals surface area contributed by atoms with E-state index in [2.05, 4.69) is 14.7 Å². The van der Waals surface area contributed by atoms with Crippen molar-refractivity contribution in [1.82, 2.24) is 9.97 Å². The lowest BCUT2D eigenvalue weighted by Gasteiger charge is -2.22. The zero-order chi connectivity index (χ0) is 13.3. The van der Waals surface area contributed by atoms with Gasteiger partial charge >= 0.3 is 12.4 Å². The lowest BCUT2D eigenvalue weighted by molar-refractivity contribution is -0.124. The first kappa shape index (κ1) is 12.2. The number of pyridine rings is 1. The van der Waals surface area contributed by atoms with E-state index >= 15 is 0 Å². The molecule has 0 bridgehead atoms. The van der Waals surface area contributed by atoms with E-state index in [0.717, 1.165) is 13.2 Å². The van der Waals surface area contributed by atoms with Crippen LogP contribution < -0.4 is 4.90 Å². The summed E-state index contributed by atoms with van der Waals surface area (Å²) < 4.78 is 42.3. The molecule has 2 rings (SSSR count). The predicted molar refractivity (Wildman–Crippen MR) is 57.0 cm³/mol. The van der Waals surface area contributed by atoms with Gasteiger partial charge in [-0.3, -0.25) is 0 Å². The quantitative estimate of drug-likeness (QED) is 0.801. The number of halogens is 3. The van der Waals surface area contributed by atoms with Gasteiger partial charge in [0.25, 0.3) is 0 Å². The second-order valence-electron chi connectivity index (χ2n) is 3.38. The van der Waals surface area contributed by atoms with Crippen LogP contribution in [0.3, 0.4) is 0 Å². The van der Waals surface area contributed by atoms with Crippen molar-refractivity contribution in [3.8, 4) is 0 Å². The Morgan fingerprint density at radius 3 is 2.83 bits per heavy atom. The second-order valence-corrected chi connectivity index (χ2v) is 3.38. The number of amides is 1. The fourth-order valence-corrected chi connectivity index (χ4v) is 1.47. The molecule has 0 radical (unpaired) electrons. The molecule has 0 aromatic carbocycles. The third-order valence-electron chi connectivity index (χ3n) is 2.26. The van der Waals surface area contributed by atoms with Crippen LogP contribution in [0.5, 0.6) is 0 Å². The summed E-state index contributed by atoms with van der Waals surface area (Å²) in [4.78, 5) is 17.0. The molecule has 0 saturated carbocycles. The molecule has 1 N–H and O–H groups in total. The van der Waals surface area contributed by atoms with Crippen molar-refractivity contribution in [1.29, 1.82) is 0 Å². The number of hydrogen-bond acceptors (Lipinski definition) is 3. The van der Waals surface area contributed by atoms with E-state index in [9.17, 15) is 18.0 Å². The van der Waals surface area contributed by atoms with Crippen molar-refractivity contribution in [2.75, 3.05) is 12.0 Å². The first-order valence-corrected chi connectivity index (χ1v) is 4.81. The molecule has 1 amide bonds. The molecular weight excluding hydrogens is 251 g/mol. The monoisotopic (exact) mass is 259 g/mol. The Morgan fingerprint density at radius 1 is 1.50 bits per heavy atom. The summed E-state index contributed by atoms with van der Waals surface area (Å²) in [6, 6.07) is 2.78. The third kappa shape index (κ3) is 2.08. The van der Waals surface area contributed by atoms with Gasteiger partial charge in [-0.15, -0.1) is 13.2 Å². The number of rotatable bonds is 1. The minimum absolute atomic E-state index is 0.443. The maximum absolute atomic E-state index is 12.7. The molecule has 0 aliphatic carbocycles. The highest BCUT2D eigenvalue weighted by molar-refractivity contribution is 5.90. The van der Waals surface area contributed by atoms with Crippen LogP contribution in [0.15, 0.2) is 24.5 Å². The molecule has 18 heavy (non-hydrogen) atoms. The summed E-state index contributed by atoms with van der Waals surface area (Å²) in [5.74, 6) is -0.552. The van der Waals surface area contributed by atoms with Gasteiger partial charge in [0.05, 0.1) is 12.6 Å². The minimum atomic E-state index is -4.90. The Balaban J connectivity index is 2.50. The molecule has 0 spiro atoms. The summed E-state index contributed by atoms with van der Waals surface area (Å²) >= 11 is 0. The molecule has 2 aromatic heterocycles. The third-order valence-corrected chi connectivity index (χ3v) is 2.26. The van der Waals surface area contributed by atoms with Crippen molar-refractivity contribution in [3.05, 3.63) is 24.5 Å². The van der Waals surface area contributed by atoms with Crippen LogP contribution in [0, 0.1) is 0 Å². The first-order chi connectivity index (χ1) is 8.43. The summed E-state index contributed by atoms with van der Waals surface area (Å²) in [6.45, 7) is 0. The number of H-pyrrole nitrogens is 1. The Morgan fingerprint density at radius 2 is 2.22 bits per heavy atom. The number of methoxy groups -OCH3 is 1. The maximum Gasteiger partial charge on any atom is 0.495 e. The van der Waals surface area contributed by atoms with Crippen LogP contribution in [0.2, 0.25) is 0 Å². The molecule has 8 heteroatoms.